The van der Waals surface area contributed by atoms with Gasteiger partial charge in [-0.05, 0) is 48.6 Å². The maximum Gasteiger partial charge on any atom is 0.326 e. The Labute approximate surface area is 240 Å². The predicted molar refractivity (Wildman–Crippen MR) is 150 cm³/mol. The summed E-state index contributed by atoms with van der Waals surface area (Å²) in [5, 5.41) is 34.3. The van der Waals surface area contributed by atoms with E-state index in [4.69, 9.17) is 5.73 Å². The van der Waals surface area contributed by atoms with E-state index in [1.807, 2.05) is 24.3 Å². The molecule has 4 atom stereocenters. The lowest BCUT2D eigenvalue weighted by Gasteiger charge is -2.28. The van der Waals surface area contributed by atoms with Gasteiger partial charge in [0.05, 0.1) is 12.5 Å². The van der Waals surface area contributed by atoms with Gasteiger partial charge in [0.25, 0.3) is 0 Å². The van der Waals surface area contributed by atoms with Crippen molar-refractivity contribution in [1.82, 2.24) is 20.5 Å². The smallest absolute Gasteiger partial charge is 0.326 e. The van der Waals surface area contributed by atoms with Gasteiger partial charge in [0, 0.05) is 30.1 Å². The van der Waals surface area contributed by atoms with Gasteiger partial charge in [-0.3, -0.25) is 19.2 Å². The molecule has 3 amide bonds. The van der Waals surface area contributed by atoms with Crippen LogP contribution in [0.25, 0.3) is 10.9 Å². The minimum Gasteiger partial charge on any atom is -0.508 e. The highest BCUT2D eigenvalue weighted by atomic mass is 16.4. The van der Waals surface area contributed by atoms with Crippen molar-refractivity contribution < 1.29 is 39.3 Å². The Bertz CT molecular complexity index is 1470. The molecule has 13 nitrogen and oxygen atoms in total. The average molecular weight is 580 g/mol. The first kappa shape index (κ1) is 30.1. The molecule has 13 heteroatoms. The number of phenolic OH excluding ortho intramolecular Hbond substituents is 1. The molecule has 0 aliphatic carbocycles. The molecule has 4 rings (SSSR count). The number of aromatic amines is 1. The summed E-state index contributed by atoms with van der Waals surface area (Å²) in [4.78, 5) is 67.4. The number of nitrogens with two attached hydrogens (primary N) is 1. The molecule has 0 radical (unpaired) electrons. The topological polar surface area (TPSA) is 215 Å². The molecule has 2 heterocycles. The first-order valence-electron chi connectivity index (χ1n) is 13.5. The Balaban J connectivity index is 1.56. The van der Waals surface area contributed by atoms with Crippen LogP contribution in [0.4, 0.5) is 0 Å². The number of amides is 3. The fourth-order valence-corrected chi connectivity index (χ4v) is 5.12. The van der Waals surface area contributed by atoms with E-state index in [1.165, 1.54) is 12.1 Å². The Morgan fingerprint density at radius 3 is 2.33 bits per heavy atom. The van der Waals surface area contributed by atoms with Gasteiger partial charge in [0.2, 0.25) is 17.7 Å². The van der Waals surface area contributed by atoms with E-state index in [0.29, 0.717) is 17.5 Å². The lowest BCUT2D eigenvalue weighted by atomic mass is 10.0. The van der Waals surface area contributed by atoms with Gasteiger partial charge in [-0.15, -0.1) is 0 Å². The number of phenols is 1. The normalized spacial score (nSPS) is 16.9. The van der Waals surface area contributed by atoms with Crippen molar-refractivity contribution in [3.8, 4) is 5.75 Å². The second-order valence-corrected chi connectivity index (χ2v) is 10.3. The summed E-state index contributed by atoms with van der Waals surface area (Å²) in [5.41, 5.74) is 8.30. The summed E-state index contributed by atoms with van der Waals surface area (Å²) in [6.07, 6.45) is 1.65. The number of hydrogen-bond donors (Lipinski definition) is 7. The number of carboxylic acids is 2. The van der Waals surface area contributed by atoms with Crippen LogP contribution in [0.15, 0.2) is 54.7 Å². The van der Waals surface area contributed by atoms with Crippen LogP contribution in [0.5, 0.6) is 5.75 Å². The van der Waals surface area contributed by atoms with Crippen LogP contribution >= 0.6 is 0 Å². The van der Waals surface area contributed by atoms with E-state index < -0.39 is 60.2 Å². The second kappa shape index (κ2) is 13.2. The third-order valence-electron chi connectivity index (χ3n) is 7.27. The highest BCUT2D eigenvalue weighted by Crippen LogP contribution is 2.21. The lowest BCUT2D eigenvalue weighted by molar-refractivity contribution is -0.150. The number of fused-ring (bicyclic) bond motifs is 1. The van der Waals surface area contributed by atoms with Crippen LogP contribution in [0.2, 0.25) is 0 Å². The van der Waals surface area contributed by atoms with Gasteiger partial charge in [0.15, 0.2) is 0 Å². The number of H-pyrrole nitrogens is 1. The van der Waals surface area contributed by atoms with Gasteiger partial charge >= 0.3 is 11.9 Å². The molecule has 0 saturated carbocycles. The summed E-state index contributed by atoms with van der Waals surface area (Å²) in [7, 11) is 0. The zero-order valence-electron chi connectivity index (χ0n) is 22.7. The number of aliphatic carboxylic acids is 2. The number of carbonyl (C=O) groups excluding carboxylic acids is 3. The molecular formula is C29H33N5O8. The Morgan fingerprint density at radius 2 is 1.64 bits per heavy atom. The number of carbonyl (C=O) groups is 5. The first-order valence-corrected chi connectivity index (χ1v) is 13.5. The monoisotopic (exact) mass is 579 g/mol. The van der Waals surface area contributed by atoms with Crippen LogP contribution in [0.3, 0.4) is 0 Å². The highest BCUT2D eigenvalue weighted by Gasteiger charge is 2.39. The van der Waals surface area contributed by atoms with Crippen molar-refractivity contribution in [3.63, 3.8) is 0 Å². The number of nitrogens with zero attached hydrogens (tertiary/aromatic N) is 1. The number of para-hydroxylation sites is 1. The van der Waals surface area contributed by atoms with Crippen molar-refractivity contribution in [2.75, 3.05) is 6.54 Å². The molecule has 0 bridgehead atoms. The summed E-state index contributed by atoms with van der Waals surface area (Å²) in [5.74, 6) is -4.83. The third-order valence-corrected chi connectivity index (χ3v) is 7.27. The second-order valence-electron chi connectivity index (χ2n) is 10.3. The van der Waals surface area contributed by atoms with E-state index in [9.17, 15) is 39.3 Å². The summed E-state index contributed by atoms with van der Waals surface area (Å²) < 4.78 is 0. The molecule has 8 N–H and O–H groups in total. The zero-order valence-corrected chi connectivity index (χ0v) is 22.7. The molecule has 4 unspecified atom stereocenters. The molecule has 2 aromatic carbocycles. The average Bonchev–Trinajstić information content (AvgIpc) is 3.61. The third kappa shape index (κ3) is 7.23. The van der Waals surface area contributed by atoms with E-state index in [2.05, 4.69) is 15.6 Å². The Kier molecular flexibility index (Phi) is 9.42. The van der Waals surface area contributed by atoms with Crippen LogP contribution < -0.4 is 16.4 Å². The number of benzene rings is 2. The molecule has 1 aliphatic heterocycles. The summed E-state index contributed by atoms with van der Waals surface area (Å²) in [6, 6.07) is 8.50. The quantitative estimate of drug-likeness (QED) is 0.159. The van der Waals surface area contributed by atoms with Gasteiger partial charge < -0.3 is 41.6 Å². The lowest BCUT2D eigenvalue weighted by Crippen LogP contribution is -2.58. The summed E-state index contributed by atoms with van der Waals surface area (Å²) >= 11 is 0. The molecule has 42 heavy (non-hydrogen) atoms. The van der Waals surface area contributed by atoms with Crippen molar-refractivity contribution in [2.24, 2.45) is 5.73 Å². The SMILES string of the molecule is NC(Cc1ccc(O)cc1)C(=O)NC(Cc1c[nH]c2ccccc12)C(=O)NC(CC(=O)O)C(=O)N1CCCC1C(=O)O. The van der Waals surface area contributed by atoms with Crippen LogP contribution in [-0.2, 0) is 36.8 Å². The van der Waals surface area contributed by atoms with Gasteiger partial charge in [-0.25, -0.2) is 4.79 Å². The maximum absolute atomic E-state index is 13.6. The van der Waals surface area contributed by atoms with Crippen LogP contribution in [0.1, 0.15) is 30.4 Å². The maximum atomic E-state index is 13.6. The van der Waals surface area contributed by atoms with Crippen molar-refractivity contribution >= 4 is 40.6 Å². The highest BCUT2D eigenvalue weighted by molar-refractivity contribution is 5.96. The van der Waals surface area contributed by atoms with Gasteiger partial charge in [-0.1, -0.05) is 30.3 Å². The molecule has 222 valence electrons. The van der Waals surface area contributed by atoms with Crippen LogP contribution in [-0.4, -0.2) is 85.6 Å². The number of likely N-dealkylation sites (tertiary alicyclic amines) is 1. The standard InChI is InChI=1S/C29H33N5O8/c30-20(12-16-7-9-18(35)10-8-16)26(38)32-22(13-17-15-31-21-5-2-1-4-19(17)21)27(39)33-23(14-25(36)37)28(40)34-11-3-6-24(34)29(41)42/h1-2,4-5,7-10,15,20,22-24,31,35H,3,6,11-14,30H2,(H,32,38)(H,33,39)(H,36,37)(H,41,42). The zero-order chi connectivity index (χ0) is 30.4. The van der Waals surface area contributed by atoms with E-state index >= 15 is 0 Å². The van der Waals surface area contributed by atoms with E-state index in [1.54, 1.807) is 18.3 Å². The molecule has 1 aliphatic rings. The Hall–Kier alpha value is -4.91. The van der Waals surface area contributed by atoms with Crippen molar-refractivity contribution in [3.05, 3.63) is 65.9 Å². The molecule has 1 fully saturated rings. The summed E-state index contributed by atoms with van der Waals surface area (Å²) in [6.45, 7) is 0.114. The molecule has 0 spiro atoms. The largest absolute Gasteiger partial charge is 0.508 e. The van der Waals surface area contributed by atoms with Crippen molar-refractivity contribution in [2.45, 2.75) is 56.3 Å². The Morgan fingerprint density at radius 1 is 0.952 bits per heavy atom. The first-order chi connectivity index (χ1) is 20.0. The molecular weight excluding hydrogens is 546 g/mol. The van der Waals surface area contributed by atoms with E-state index in [0.717, 1.165) is 15.8 Å². The minimum atomic E-state index is -1.55. The molecule has 1 aromatic heterocycles. The van der Waals surface area contributed by atoms with Crippen LogP contribution in [0, 0.1) is 0 Å². The fourth-order valence-electron chi connectivity index (χ4n) is 5.12. The predicted octanol–water partition coefficient (Wildman–Crippen LogP) is 0.506. The minimum absolute atomic E-state index is 0.0109. The molecule has 1 saturated heterocycles. The van der Waals surface area contributed by atoms with Crippen molar-refractivity contribution in [1.29, 1.82) is 0 Å². The number of carboxylic acid groups (broad SMARTS) is 2. The number of aromatic hydroxyl groups is 1. The number of hydrogen-bond acceptors (Lipinski definition) is 7. The number of rotatable bonds is 12. The van der Waals surface area contributed by atoms with Gasteiger partial charge in [-0.2, -0.15) is 0 Å². The fraction of sp³-hybridized carbons (Fsp3) is 0.345. The number of aromatic nitrogens is 1. The number of nitrogens with one attached hydrogen (secondary N) is 3. The van der Waals surface area contributed by atoms with E-state index in [-0.39, 0.29) is 31.6 Å². The molecule has 3 aromatic rings. The van der Waals surface area contributed by atoms with Gasteiger partial charge in [0.1, 0.15) is 23.9 Å².